The Bertz CT molecular complexity index is 600. The van der Waals surface area contributed by atoms with E-state index in [0.717, 1.165) is 0 Å². The van der Waals surface area contributed by atoms with E-state index in [1.807, 2.05) is 0 Å². The molecule has 108 valence electrons. The number of carbonyl (C=O) groups is 2. The van der Waals surface area contributed by atoms with E-state index in [4.69, 9.17) is 4.74 Å². The maximum Gasteiger partial charge on any atom is 0.339 e. The van der Waals surface area contributed by atoms with Gasteiger partial charge in [0.25, 0.3) is 5.56 Å². The van der Waals surface area contributed by atoms with Crippen LogP contribution in [-0.2, 0) is 4.74 Å². The van der Waals surface area contributed by atoms with Gasteiger partial charge in [0.15, 0.2) is 5.78 Å². The van der Waals surface area contributed by atoms with Crippen LogP contribution in [0.1, 0.15) is 33.3 Å². The monoisotopic (exact) mass is 278 g/mol. The van der Waals surface area contributed by atoms with Crippen LogP contribution in [0.5, 0.6) is 0 Å². The van der Waals surface area contributed by atoms with Crippen LogP contribution >= 0.6 is 0 Å². The number of aromatic amines is 1. The molecule has 0 unspecified atom stereocenters. The molecule has 6 nitrogen and oxygen atoms in total. The molecule has 1 rings (SSSR count). The number of aromatic nitrogens is 1. The van der Waals surface area contributed by atoms with Crippen LogP contribution in [0.3, 0.4) is 0 Å². The van der Waals surface area contributed by atoms with Gasteiger partial charge in [-0.05, 0) is 19.9 Å². The second kappa shape index (κ2) is 6.70. The van der Waals surface area contributed by atoms with Gasteiger partial charge in [0.1, 0.15) is 0 Å². The van der Waals surface area contributed by atoms with Crippen molar-refractivity contribution >= 4 is 11.8 Å². The molecule has 0 radical (unpaired) electrons. The topological polar surface area (TPSA) is 79.5 Å². The summed E-state index contributed by atoms with van der Waals surface area (Å²) in [7, 11) is 3.51. The highest BCUT2D eigenvalue weighted by Crippen LogP contribution is 2.08. The molecule has 0 aromatic carbocycles. The fourth-order valence-corrected chi connectivity index (χ4v) is 1.53. The van der Waals surface area contributed by atoms with Crippen molar-refractivity contribution in [2.75, 3.05) is 20.7 Å². The molecule has 0 aliphatic carbocycles. The predicted octanol–water partition coefficient (Wildman–Crippen LogP) is 1.12. The molecular formula is C14H18N2O4. The van der Waals surface area contributed by atoms with Crippen molar-refractivity contribution in [2.24, 2.45) is 0 Å². The molecular weight excluding hydrogens is 260 g/mol. The molecule has 0 spiro atoms. The highest BCUT2D eigenvalue weighted by molar-refractivity contribution is 6.05. The lowest BCUT2D eigenvalue weighted by atomic mass is 10.1. The molecule has 0 saturated carbocycles. The Labute approximate surface area is 117 Å². The molecule has 0 bridgehead atoms. The molecule has 1 aromatic rings. The number of rotatable bonds is 5. The smallest absolute Gasteiger partial charge is 0.339 e. The molecule has 0 amide bonds. The van der Waals surface area contributed by atoms with Gasteiger partial charge < -0.3 is 14.6 Å². The molecule has 20 heavy (non-hydrogen) atoms. The van der Waals surface area contributed by atoms with Crippen LogP contribution in [0.4, 0.5) is 0 Å². The molecule has 1 N–H and O–H groups in total. The molecule has 6 heteroatoms. The third-order valence-electron chi connectivity index (χ3n) is 2.52. The van der Waals surface area contributed by atoms with Gasteiger partial charge in [-0.15, -0.1) is 0 Å². The van der Waals surface area contributed by atoms with Crippen molar-refractivity contribution in [2.45, 2.75) is 13.8 Å². The maximum absolute atomic E-state index is 11.9. The van der Waals surface area contributed by atoms with E-state index < -0.39 is 17.3 Å². The van der Waals surface area contributed by atoms with E-state index in [-0.39, 0.29) is 17.7 Å². The van der Waals surface area contributed by atoms with Crippen molar-refractivity contribution in [1.82, 2.24) is 9.88 Å². The minimum Gasteiger partial charge on any atom is -0.462 e. The van der Waals surface area contributed by atoms with Gasteiger partial charge in [-0.1, -0.05) is 0 Å². The normalized spacial score (nSPS) is 10.6. The van der Waals surface area contributed by atoms with E-state index in [1.54, 1.807) is 32.8 Å². The molecule has 0 aliphatic rings. The second-order valence-corrected chi connectivity index (χ2v) is 4.41. The Morgan fingerprint density at radius 3 is 2.55 bits per heavy atom. The van der Waals surface area contributed by atoms with E-state index in [0.29, 0.717) is 5.69 Å². The van der Waals surface area contributed by atoms with Gasteiger partial charge in [-0.3, -0.25) is 9.59 Å². The number of ketones is 1. The number of nitrogens with zero attached hydrogens (tertiary/aromatic N) is 1. The Morgan fingerprint density at radius 2 is 2.00 bits per heavy atom. The number of H-pyrrole nitrogens is 1. The minimum atomic E-state index is -0.563. The van der Waals surface area contributed by atoms with E-state index in [9.17, 15) is 14.4 Å². The van der Waals surface area contributed by atoms with Crippen molar-refractivity contribution in [3.8, 4) is 0 Å². The SMILES string of the molecule is CCOC(=O)c1cc(C(=O)C=CN(C)C)c(=O)[nH]c1C. The van der Waals surface area contributed by atoms with E-state index >= 15 is 0 Å². The number of esters is 1. The Morgan fingerprint density at radius 1 is 1.35 bits per heavy atom. The zero-order valence-electron chi connectivity index (χ0n) is 12.0. The van der Waals surface area contributed by atoms with Gasteiger partial charge >= 0.3 is 5.97 Å². The van der Waals surface area contributed by atoms with Crippen molar-refractivity contribution < 1.29 is 14.3 Å². The average molecular weight is 278 g/mol. The van der Waals surface area contributed by atoms with Crippen LogP contribution in [-0.4, -0.2) is 42.3 Å². The van der Waals surface area contributed by atoms with Crippen LogP contribution in [0, 0.1) is 6.92 Å². The lowest BCUT2D eigenvalue weighted by Crippen LogP contribution is -2.21. The number of nitrogens with one attached hydrogen (secondary N) is 1. The van der Waals surface area contributed by atoms with Gasteiger partial charge in [-0.2, -0.15) is 0 Å². The summed E-state index contributed by atoms with van der Waals surface area (Å²) in [6, 6.07) is 1.27. The molecule has 0 aliphatic heterocycles. The standard InChI is InChI=1S/C14H18N2O4/c1-5-20-14(19)10-8-11(13(18)15-9(10)2)12(17)6-7-16(3)4/h6-8H,5H2,1-4H3,(H,15,18). The summed E-state index contributed by atoms with van der Waals surface area (Å²) >= 11 is 0. The van der Waals surface area contributed by atoms with Gasteiger partial charge in [0.05, 0.1) is 17.7 Å². The minimum absolute atomic E-state index is 0.0863. The number of hydrogen-bond acceptors (Lipinski definition) is 5. The van der Waals surface area contributed by atoms with E-state index in [1.165, 1.54) is 18.3 Å². The van der Waals surface area contributed by atoms with Crippen molar-refractivity contribution in [1.29, 1.82) is 0 Å². The quantitative estimate of drug-likeness (QED) is 0.496. The summed E-state index contributed by atoms with van der Waals surface area (Å²) in [5.41, 5.74) is -0.0460. The summed E-state index contributed by atoms with van der Waals surface area (Å²) in [4.78, 5) is 39.6. The zero-order valence-corrected chi connectivity index (χ0v) is 12.0. The molecule has 0 atom stereocenters. The van der Waals surface area contributed by atoms with Crippen molar-refractivity contribution in [3.63, 3.8) is 0 Å². The van der Waals surface area contributed by atoms with Gasteiger partial charge in [-0.25, -0.2) is 4.79 Å². The van der Waals surface area contributed by atoms with E-state index in [2.05, 4.69) is 4.98 Å². The predicted molar refractivity (Wildman–Crippen MR) is 74.9 cm³/mol. The molecule has 1 heterocycles. The Balaban J connectivity index is 3.21. The largest absolute Gasteiger partial charge is 0.462 e. The summed E-state index contributed by atoms with van der Waals surface area (Å²) in [5.74, 6) is -1.03. The molecule has 0 fully saturated rings. The molecule has 0 saturated heterocycles. The third-order valence-corrected chi connectivity index (χ3v) is 2.52. The highest BCUT2D eigenvalue weighted by atomic mass is 16.5. The number of ether oxygens (including phenoxy) is 1. The van der Waals surface area contributed by atoms with Crippen LogP contribution in [0.15, 0.2) is 23.1 Å². The highest BCUT2D eigenvalue weighted by Gasteiger charge is 2.16. The van der Waals surface area contributed by atoms with Gasteiger partial charge in [0, 0.05) is 32.1 Å². The zero-order chi connectivity index (χ0) is 15.3. The average Bonchev–Trinajstić information content (AvgIpc) is 2.36. The van der Waals surface area contributed by atoms with Crippen molar-refractivity contribution in [3.05, 3.63) is 45.5 Å². The van der Waals surface area contributed by atoms with Crippen LogP contribution in [0.25, 0.3) is 0 Å². The summed E-state index contributed by atoms with van der Waals surface area (Å²) in [6.07, 6.45) is 2.81. The van der Waals surface area contributed by atoms with Crippen LogP contribution < -0.4 is 5.56 Å². The number of aryl methyl sites for hydroxylation is 1. The summed E-state index contributed by atoms with van der Waals surface area (Å²) in [5, 5.41) is 0. The second-order valence-electron chi connectivity index (χ2n) is 4.41. The first-order chi connectivity index (χ1) is 9.36. The Kier molecular flexibility index (Phi) is 5.25. The summed E-state index contributed by atoms with van der Waals surface area (Å²) < 4.78 is 4.88. The third kappa shape index (κ3) is 3.81. The number of pyridine rings is 1. The summed E-state index contributed by atoms with van der Waals surface area (Å²) in [6.45, 7) is 3.49. The lowest BCUT2D eigenvalue weighted by Gasteiger charge is -2.07. The Hall–Kier alpha value is -2.37. The fourth-order valence-electron chi connectivity index (χ4n) is 1.53. The molecule has 1 aromatic heterocycles. The number of carbonyl (C=O) groups excluding carboxylic acids is 2. The fraction of sp³-hybridized carbons (Fsp3) is 0.357. The lowest BCUT2D eigenvalue weighted by molar-refractivity contribution is 0.0525. The van der Waals surface area contributed by atoms with Crippen LogP contribution in [0.2, 0.25) is 0 Å². The number of allylic oxidation sites excluding steroid dienone is 1. The maximum atomic E-state index is 11.9. The van der Waals surface area contributed by atoms with Gasteiger partial charge in [0.2, 0.25) is 0 Å². The number of hydrogen-bond donors (Lipinski definition) is 1. The first-order valence-corrected chi connectivity index (χ1v) is 6.16. The first-order valence-electron chi connectivity index (χ1n) is 6.16. The first kappa shape index (κ1) is 15.7.